The van der Waals surface area contributed by atoms with Crippen LogP contribution in [0.3, 0.4) is 0 Å². The molecule has 4 rings (SSSR count). The minimum Gasteiger partial charge on any atom is -0.477 e. The van der Waals surface area contributed by atoms with Crippen molar-refractivity contribution < 1.29 is 23.1 Å². The summed E-state index contributed by atoms with van der Waals surface area (Å²) in [5, 5.41) is 9.07. The molecule has 2 heterocycles. The van der Waals surface area contributed by atoms with E-state index in [1.165, 1.54) is 18.3 Å². The van der Waals surface area contributed by atoms with Gasteiger partial charge in [-0.05, 0) is 48.3 Å². The van der Waals surface area contributed by atoms with E-state index in [0.717, 1.165) is 6.07 Å². The first-order valence-corrected chi connectivity index (χ1v) is 8.80. The van der Waals surface area contributed by atoms with Crippen molar-refractivity contribution >= 4 is 11.9 Å². The van der Waals surface area contributed by atoms with Crippen LogP contribution in [0.5, 0.6) is 0 Å². The second kappa shape index (κ2) is 6.51. The monoisotopic (exact) mass is 377 g/mol. The summed E-state index contributed by atoms with van der Waals surface area (Å²) in [4.78, 5) is 21.2. The molecule has 27 heavy (non-hydrogen) atoms. The van der Waals surface area contributed by atoms with Crippen LogP contribution in [0.25, 0.3) is 0 Å². The first-order chi connectivity index (χ1) is 12.8. The average Bonchev–Trinajstić information content (AvgIpc) is 3.20. The van der Waals surface area contributed by atoms with Gasteiger partial charge in [-0.25, -0.2) is 14.8 Å². The molecule has 142 valence electrons. The number of carboxylic acid groups (broad SMARTS) is 1. The van der Waals surface area contributed by atoms with E-state index >= 15 is 0 Å². The van der Waals surface area contributed by atoms with E-state index in [4.69, 9.17) is 5.11 Å². The quantitative estimate of drug-likeness (QED) is 0.881. The minimum atomic E-state index is -4.34. The number of hydrogen-bond acceptors (Lipinski definition) is 4. The standard InChI is InChI=1S/C19H18F3N3O2/c20-19(21,22)15-4-2-1-3-14(15)11-7-12-9-25(10-13(12)8-11)18-23-6-5-16(24-18)17(26)27/h1-6,11-13H,7-10H2,(H,26,27)/t11-,12-,13+. The van der Waals surface area contributed by atoms with Crippen molar-refractivity contribution in [2.24, 2.45) is 11.8 Å². The number of rotatable bonds is 3. The molecule has 1 N–H and O–H groups in total. The van der Waals surface area contributed by atoms with E-state index in [-0.39, 0.29) is 23.4 Å². The maximum absolute atomic E-state index is 13.3. The van der Waals surface area contributed by atoms with Crippen LogP contribution < -0.4 is 4.90 Å². The lowest BCUT2D eigenvalue weighted by atomic mass is 9.91. The number of aromatic nitrogens is 2. The Hall–Kier alpha value is -2.64. The Labute approximate surface area is 153 Å². The SMILES string of the molecule is O=C(O)c1ccnc(N2C[C@H]3C[C@@H](c4ccccc4C(F)(F)F)C[C@H]3C2)n1. The molecular formula is C19H18F3N3O2. The molecule has 0 unspecified atom stereocenters. The third-order valence-electron chi connectivity index (χ3n) is 5.60. The molecule has 1 saturated heterocycles. The van der Waals surface area contributed by atoms with Crippen LogP contribution >= 0.6 is 0 Å². The maximum atomic E-state index is 13.3. The lowest BCUT2D eigenvalue weighted by Crippen LogP contribution is -2.24. The number of hydrogen-bond donors (Lipinski definition) is 1. The van der Waals surface area contributed by atoms with Crippen molar-refractivity contribution in [2.75, 3.05) is 18.0 Å². The molecule has 2 aromatic rings. The Morgan fingerprint density at radius 3 is 2.41 bits per heavy atom. The molecule has 1 saturated carbocycles. The van der Waals surface area contributed by atoms with Crippen LogP contribution in [0, 0.1) is 11.8 Å². The molecule has 3 atom stereocenters. The van der Waals surface area contributed by atoms with Crippen molar-refractivity contribution in [1.29, 1.82) is 0 Å². The smallest absolute Gasteiger partial charge is 0.416 e. The Morgan fingerprint density at radius 2 is 1.78 bits per heavy atom. The summed E-state index contributed by atoms with van der Waals surface area (Å²) >= 11 is 0. The summed E-state index contributed by atoms with van der Waals surface area (Å²) in [6.07, 6.45) is -1.55. The Morgan fingerprint density at radius 1 is 1.11 bits per heavy atom. The molecule has 1 aromatic carbocycles. The Balaban J connectivity index is 1.50. The zero-order valence-corrected chi connectivity index (χ0v) is 14.4. The van der Waals surface area contributed by atoms with Crippen LogP contribution in [0.2, 0.25) is 0 Å². The van der Waals surface area contributed by atoms with Crippen molar-refractivity contribution in [3.63, 3.8) is 0 Å². The van der Waals surface area contributed by atoms with Crippen LogP contribution in [0.1, 0.15) is 40.4 Å². The number of alkyl halides is 3. The van der Waals surface area contributed by atoms with Gasteiger partial charge in [-0.3, -0.25) is 0 Å². The molecular weight excluding hydrogens is 359 g/mol. The van der Waals surface area contributed by atoms with E-state index in [2.05, 4.69) is 9.97 Å². The molecule has 1 aromatic heterocycles. The summed E-state index contributed by atoms with van der Waals surface area (Å²) in [7, 11) is 0. The van der Waals surface area contributed by atoms with Gasteiger partial charge in [0.15, 0.2) is 5.69 Å². The fourth-order valence-electron chi connectivity index (χ4n) is 4.45. The highest BCUT2D eigenvalue weighted by Crippen LogP contribution is 2.49. The largest absolute Gasteiger partial charge is 0.477 e. The number of fused-ring (bicyclic) bond motifs is 1. The minimum absolute atomic E-state index is 0.0611. The number of aromatic carboxylic acids is 1. The highest BCUT2D eigenvalue weighted by atomic mass is 19.4. The van der Waals surface area contributed by atoms with Gasteiger partial charge in [-0.15, -0.1) is 0 Å². The average molecular weight is 377 g/mol. The van der Waals surface area contributed by atoms with Gasteiger partial charge in [-0.2, -0.15) is 13.2 Å². The van der Waals surface area contributed by atoms with E-state index in [1.54, 1.807) is 12.1 Å². The van der Waals surface area contributed by atoms with Gasteiger partial charge in [0.25, 0.3) is 0 Å². The molecule has 0 bridgehead atoms. The van der Waals surface area contributed by atoms with Gasteiger partial charge in [0.05, 0.1) is 5.56 Å². The number of anilines is 1. The molecule has 1 aliphatic carbocycles. The first-order valence-electron chi connectivity index (χ1n) is 8.80. The second-order valence-electron chi connectivity index (χ2n) is 7.23. The zero-order chi connectivity index (χ0) is 19.2. The van der Waals surface area contributed by atoms with Gasteiger partial charge in [-0.1, -0.05) is 18.2 Å². The van der Waals surface area contributed by atoms with Gasteiger partial charge in [0.1, 0.15) is 0 Å². The Kier molecular flexibility index (Phi) is 4.28. The van der Waals surface area contributed by atoms with Gasteiger partial charge in [0, 0.05) is 19.3 Å². The fraction of sp³-hybridized carbons (Fsp3) is 0.421. The predicted molar refractivity (Wildman–Crippen MR) is 91.6 cm³/mol. The molecule has 5 nitrogen and oxygen atoms in total. The number of carbonyl (C=O) groups is 1. The van der Waals surface area contributed by atoms with Gasteiger partial charge in [0.2, 0.25) is 5.95 Å². The van der Waals surface area contributed by atoms with Gasteiger partial charge < -0.3 is 10.0 Å². The first kappa shape index (κ1) is 17.8. The van der Waals surface area contributed by atoms with Crippen molar-refractivity contribution in [2.45, 2.75) is 24.9 Å². The molecule has 0 amide bonds. The topological polar surface area (TPSA) is 66.3 Å². The highest BCUT2D eigenvalue weighted by Gasteiger charge is 2.44. The zero-order valence-electron chi connectivity index (χ0n) is 14.4. The van der Waals surface area contributed by atoms with E-state index < -0.39 is 17.7 Å². The fourth-order valence-corrected chi connectivity index (χ4v) is 4.45. The van der Waals surface area contributed by atoms with Crippen LogP contribution in [-0.2, 0) is 6.18 Å². The second-order valence-corrected chi connectivity index (χ2v) is 7.23. The molecule has 0 radical (unpaired) electrons. The van der Waals surface area contributed by atoms with Crippen molar-refractivity contribution in [3.8, 4) is 0 Å². The van der Waals surface area contributed by atoms with Gasteiger partial charge >= 0.3 is 12.1 Å². The lowest BCUT2D eigenvalue weighted by molar-refractivity contribution is -0.138. The normalized spacial score (nSPS) is 24.9. The summed E-state index contributed by atoms with van der Waals surface area (Å²) in [5.41, 5.74) is -0.214. The Bertz CT molecular complexity index is 857. The highest BCUT2D eigenvalue weighted by molar-refractivity contribution is 5.85. The van der Waals surface area contributed by atoms with Crippen LogP contribution in [0.15, 0.2) is 36.5 Å². The summed E-state index contributed by atoms with van der Waals surface area (Å²) < 4.78 is 39.9. The van der Waals surface area contributed by atoms with Crippen LogP contribution in [-0.4, -0.2) is 34.1 Å². The number of halogens is 3. The molecule has 1 aliphatic heterocycles. The molecule has 2 aliphatic rings. The molecule has 2 fully saturated rings. The maximum Gasteiger partial charge on any atom is 0.416 e. The van der Waals surface area contributed by atoms with E-state index in [0.29, 0.717) is 37.4 Å². The lowest BCUT2D eigenvalue weighted by Gasteiger charge is -2.21. The number of carboxylic acids is 1. The van der Waals surface area contributed by atoms with Crippen LogP contribution in [0.4, 0.5) is 19.1 Å². The van der Waals surface area contributed by atoms with Crippen molar-refractivity contribution in [3.05, 3.63) is 53.3 Å². The number of benzene rings is 1. The van der Waals surface area contributed by atoms with Crippen molar-refractivity contribution in [1.82, 2.24) is 9.97 Å². The molecule has 8 heteroatoms. The third kappa shape index (κ3) is 3.36. The predicted octanol–water partition coefficient (Wildman–Crippen LogP) is 3.82. The summed E-state index contributed by atoms with van der Waals surface area (Å²) in [5.74, 6) is -0.327. The summed E-state index contributed by atoms with van der Waals surface area (Å²) in [6.45, 7) is 1.27. The van der Waals surface area contributed by atoms with E-state index in [1.807, 2.05) is 4.90 Å². The summed E-state index contributed by atoms with van der Waals surface area (Å²) in [6, 6.07) is 7.17. The number of nitrogens with zero attached hydrogens (tertiary/aromatic N) is 3. The van der Waals surface area contributed by atoms with E-state index in [9.17, 15) is 18.0 Å². The molecule has 0 spiro atoms. The third-order valence-corrected chi connectivity index (χ3v) is 5.60.